The highest BCUT2D eigenvalue weighted by molar-refractivity contribution is 7.27. The van der Waals surface area contributed by atoms with E-state index in [1.54, 1.807) is 0 Å². The Morgan fingerprint density at radius 2 is 1.05 bits per heavy atom. The summed E-state index contributed by atoms with van der Waals surface area (Å²) < 4.78 is 11.7. The molecule has 3 heterocycles. The van der Waals surface area contributed by atoms with Gasteiger partial charge in [0.1, 0.15) is 11.2 Å². The van der Waals surface area contributed by atoms with Crippen LogP contribution in [-0.2, 0) is 0 Å². The first kappa shape index (κ1) is 22.0. The average Bonchev–Trinajstić information content (AvgIpc) is 3.70. The van der Waals surface area contributed by atoms with Crippen LogP contribution in [0, 0.1) is 0 Å². The molecule has 10 rings (SSSR count). The lowest BCUT2D eigenvalue weighted by Crippen LogP contribution is -1.86. The van der Waals surface area contributed by atoms with Crippen LogP contribution in [0.15, 0.2) is 126 Å². The third-order valence-electron chi connectivity index (χ3n) is 8.65. The van der Waals surface area contributed by atoms with Crippen molar-refractivity contribution in [2.75, 3.05) is 0 Å². The predicted octanol–water partition coefficient (Wildman–Crippen LogP) is 12.3. The Balaban J connectivity index is 1.43. The van der Waals surface area contributed by atoms with E-state index in [0.717, 1.165) is 11.2 Å². The van der Waals surface area contributed by atoms with Crippen LogP contribution in [0.5, 0.6) is 0 Å². The molecular formula is C38H20OS2. The number of fused-ring (bicyclic) bond motifs is 13. The molecule has 3 heteroatoms. The second kappa shape index (κ2) is 7.94. The number of para-hydroxylation sites is 1. The van der Waals surface area contributed by atoms with Gasteiger partial charge in [-0.3, -0.25) is 0 Å². The van der Waals surface area contributed by atoms with Gasteiger partial charge in [0.15, 0.2) is 0 Å². The van der Waals surface area contributed by atoms with Crippen molar-refractivity contribution in [2.45, 2.75) is 0 Å². The lowest BCUT2D eigenvalue weighted by molar-refractivity contribution is 0.669. The van der Waals surface area contributed by atoms with Gasteiger partial charge in [-0.25, -0.2) is 0 Å². The summed E-state index contributed by atoms with van der Waals surface area (Å²) in [5, 5.41) is 12.8. The molecule has 0 aliphatic carbocycles. The number of benzene rings is 7. The maximum Gasteiger partial charge on any atom is 0.136 e. The molecule has 0 aliphatic rings. The first-order chi connectivity index (χ1) is 20.3. The standard InChI is InChI=1S/C38H20OS2/c1-4-13-32-22(8-1)31-20-29-21(19-33(31)39-32)18-30(27-12-7-11-26-23-9-2-5-14-34(23)40-37(26)27)25-16-17-28-24-10-3-6-15-35(24)41-38(28)36(25)29/h1-20H. The van der Waals surface area contributed by atoms with Gasteiger partial charge in [0.25, 0.3) is 0 Å². The second-order valence-electron chi connectivity index (χ2n) is 10.8. The van der Waals surface area contributed by atoms with E-state index < -0.39 is 0 Å². The minimum Gasteiger partial charge on any atom is -0.456 e. The van der Waals surface area contributed by atoms with Crippen molar-refractivity contribution in [2.24, 2.45) is 0 Å². The Labute approximate surface area is 242 Å². The van der Waals surface area contributed by atoms with Crippen molar-refractivity contribution in [1.29, 1.82) is 0 Å². The van der Waals surface area contributed by atoms with Crippen LogP contribution in [0.1, 0.15) is 0 Å². The Bertz CT molecular complexity index is 2700. The Kier molecular flexibility index (Phi) is 4.27. The molecule has 41 heavy (non-hydrogen) atoms. The minimum absolute atomic E-state index is 0.935. The lowest BCUT2D eigenvalue weighted by Gasteiger charge is -2.13. The summed E-state index contributed by atoms with van der Waals surface area (Å²) in [6.45, 7) is 0. The van der Waals surface area contributed by atoms with E-state index in [1.165, 1.54) is 83.8 Å². The average molecular weight is 557 g/mol. The van der Waals surface area contributed by atoms with E-state index in [0.29, 0.717) is 0 Å². The molecule has 0 radical (unpaired) electrons. The molecule has 0 aliphatic heterocycles. The van der Waals surface area contributed by atoms with Gasteiger partial charge in [-0.15, -0.1) is 22.7 Å². The van der Waals surface area contributed by atoms with Crippen molar-refractivity contribution in [3.05, 3.63) is 121 Å². The first-order valence-electron chi connectivity index (χ1n) is 13.8. The molecule has 0 saturated heterocycles. The maximum atomic E-state index is 6.37. The van der Waals surface area contributed by atoms with Gasteiger partial charge in [-0.05, 0) is 58.1 Å². The number of furan rings is 1. The van der Waals surface area contributed by atoms with E-state index in [1.807, 2.05) is 28.7 Å². The lowest BCUT2D eigenvalue weighted by atomic mass is 9.91. The number of rotatable bonds is 1. The van der Waals surface area contributed by atoms with Crippen molar-refractivity contribution < 1.29 is 4.42 Å². The smallest absolute Gasteiger partial charge is 0.136 e. The van der Waals surface area contributed by atoms with Gasteiger partial charge >= 0.3 is 0 Å². The van der Waals surface area contributed by atoms with E-state index in [2.05, 4.69) is 115 Å². The zero-order chi connectivity index (χ0) is 26.7. The maximum absolute atomic E-state index is 6.37. The Morgan fingerprint density at radius 1 is 0.390 bits per heavy atom. The summed E-state index contributed by atoms with van der Waals surface area (Å²) in [5.41, 5.74) is 4.44. The van der Waals surface area contributed by atoms with Crippen molar-refractivity contribution >= 4 is 107 Å². The van der Waals surface area contributed by atoms with Crippen LogP contribution in [-0.4, -0.2) is 0 Å². The molecular weight excluding hydrogens is 537 g/mol. The van der Waals surface area contributed by atoms with E-state index in [9.17, 15) is 0 Å². The van der Waals surface area contributed by atoms with Crippen LogP contribution < -0.4 is 0 Å². The highest BCUT2D eigenvalue weighted by atomic mass is 32.1. The summed E-state index contributed by atoms with van der Waals surface area (Å²) in [6, 6.07) is 44.4. The summed E-state index contributed by atoms with van der Waals surface area (Å²) >= 11 is 3.80. The number of hydrogen-bond acceptors (Lipinski definition) is 3. The second-order valence-corrected chi connectivity index (χ2v) is 12.9. The fourth-order valence-corrected chi connectivity index (χ4v) is 9.31. The molecule has 0 unspecified atom stereocenters. The third-order valence-corrected chi connectivity index (χ3v) is 11.1. The van der Waals surface area contributed by atoms with Crippen LogP contribution in [0.4, 0.5) is 0 Å². The topological polar surface area (TPSA) is 13.1 Å². The fraction of sp³-hybridized carbons (Fsp3) is 0. The molecule has 1 nitrogen and oxygen atoms in total. The van der Waals surface area contributed by atoms with Crippen molar-refractivity contribution in [3.63, 3.8) is 0 Å². The molecule has 0 amide bonds. The normalized spacial score (nSPS) is 12.4. The monoisotopic (exact) mass is 556 g/mol. The Hall–Kier alpha value is -4.70. The quantitative estimate of drug-likeness (QED) is 0.183. The minimum atomic E-state index is 0.935. The fourth-order valence-electron chi connectivity index (χ4n) is 6.82. The van der Waals surface area contributed by atoms with Crippen LogP contribution >= 0.6 is 22.7 Å². The zero-order valence-corrected chi connectivity index (χ0v) is 23.4. The number of thiophene rings is 2. The molecule has 3 aromatic heterocycles. The third kappa shape index (κ3) is 2.94. The largest absolute Gasteiger partial charge is 0.456 e. The highest BCUT2D eigenvalue weighted by Crippen LogP contribution is 2.48. The zero-order valence-electron chi connectivity index (χ0n) is 21.8. The van der Waals surface area contributed by atoms with E-state index >= 15 is 0 Å². The first-order valence-corrected chi connectivity index (χ1v) is 15.5. The van der Waals surface area contributed by atoms with Gasteiger partial charge in [0, 0.05) is 62.1 Å². The van der Waals surface area contributed by atoms with E-state index in [4.69, 9.17) is 4.42 Å². The predicted molar refractivity (Wildman–Crippen MR) is 180 cm³/mol. The summed E-state index contributed by atoms with van der Waals surface area (Å²) in [6.07, 6.45) is 0. The van der Waals surface area contributed by atoms with Gasteiger partial charge in [-0.2, -0.15) is 0 Å². The van der Waals surface area contributed by atoms with Gasteiger partial charge in [-0.1, -0.05) is 84.9 Å². The molecule has 0 spiro atoms. The van der Waals surface area contributed by atoms with Gasteiger partial charge < -0.3 is 4.42 Å². The summed E-state index contributed by atoms with van der Waals surface area (Å²) in [7, 11) is 0. The number of hydrogen-bond donors (Lipinski definition) is 0. The van der Waals surface area contributed by atoms with Crippen molar-refractivity contribution in [1.82, 2.24) is 0 Å². The highest BCUT2D eigenvalue weighted by Gasteiger charge is 2.19. The van der Waals surface area contributed by atoms with Gasteiger partial charge in [0.05, 0.1) is 0 Å². The Morgan fingerprint density at radius 3 is 1.88 bits per heavy atom. The van der Waals surface area contributed by atoms with Crippen molar-refractivity contribution in [3.8, 4) is 11.1 Å². The molecule has 0 bridgehead atoms. The van der Waals surface area contributed by atoms with Crippen LogP contribution in [0.3, 0.4) is 0 Å². The van der Waals surface area contributed by atoms with E-state index in [-0.39, 0.29) is 0 Å². The molecule has 10 aromatic rings. The molecule has 0 saturated carbocycles. The SMILES string of the molecule is c1ccc2c(c1)oc1cc3cc(-c4cccc5c4sc4ccccc45)c4ccc5c6ccccc6sc5c4c3cc12. The van der Waals surface area contributed by atoms with Crippen LogP contribution in [0.2, 0.25) is 0 Å². The van der Waals surface area contributed by atoms with Gasteiger partial charge in [0.2, 0.25) is 0 Å². The summed E-state index contributed by atoms with van der Waals surface area (Å²) in [4.78, 5) is 0. The molecule has 7 aromatic carbocycles. The molecule has 0 atom stereocenters. The molecule has 190 valence electrons. The summed E-state index contributed by atoms with van der Waals surface area (Å²) in [5.74, 6) is 0. The molecule has 0 N–H and O–H groups in total. The molecule has 0 fully saturated rings. The van der Waals surface area contributed by atoms with Crippen LogP contribution in [0.25, 0.3) is 95.0 Å².